The highest BCUT2D eigenvalue weighted by atomic mass is 35.5. The number of aromatic hydroxyl groups is 2. The van der Waals surface area contributed by atoms with E-state index in [0.29, 0.717) is 5.39 Å². The second kappa shape index (κ2) is 2.82. The average Bonchev–Trinajstić information content (AvgIpc) is 2.12. The van der Waals surface area contributed by atoms with Gasteiger partial charge in [0.15, 0.2) is 0 Å². The molecule has 2 aromatic carbocycles. The fourth-order valence-electron chi connectivity index (χ4n) is 1.32. The van der Waals surface area contributed by atoms with Gasteiger partial charge in [0.2, 0.25) is 0 Å². The third-order valence-electron chi connectivity index (χ3n) is 1.95. The van der Waals surface area contributed by atoms with Crippen molar-refractivity contribution in [2.75, 3.05) is 0 Å². The van der Waals surface area contributed by atoms with Crippen LogP contribution in [-0.4, -0.2) is 10.2 Å². The Labute approximate surface area is 80.0 Å². The van der Waals surface area contributed by atoms with Crippen molar-refractivity contribution in [3.8, 4) is 11.5 Å². The van der Waals surface area contributed by atoms with Gasteiger partial charge in [0.1, 0.15) is 11.5 Å². The van der Waals surface area contributed by atoms with Gasteiger partial charge in [-0.25, -0.2) is 0 Å². The van der Waals surface area contributed by atoms with Gasteiger partial charge in [-0.15, -0.1) is 0 Å². The molecule has 2 nitrogen and oxygen atoms in total. The number of benzene rings is 2. The quantitative estimate of drug-likeness (QED) is 0.677. The van der Waals surface area contributed by atoms with Crippen molar-refractivity contribution in [1.29, 1.82) is 0 Å². The molecule has 0 saturated heterocycles. The maximum atomic E-state index is 9.55. The number of hydrogen-bond donors (Lipinski definition) is 2. The van der Waals surface area contributed by atoms with Crippen LogP contribution in [0.15, 0.2) is 30.3 Å². The zero-order chi connectivity index (χ0) is 9.42. The highest BCUT2D eigenvalue weighted by Crippen LogP contribution is 2.37. The van der Waals surface area contributed by atoms with Crippen LogP contribution in [0, 0.1) is 0 Å². The molecule has 0 aliphatic heterocycles. The maximum Gasteiger partial charge on any atom is 0.145 e. The molecule has 0 aromatic heterocycles. The lowest BCUT2D eigenvalue weighted by Crippen LogP contribution is -1.76. The topological polar surface area (TPSA) is 40.5 Å². The first-order chi connectivity index (χ1) is 6.20. The molecule has 0 fully saturated rings. The van der Waals surface area contributed by atoms with Crippen LogP contribution in [0.25, 0.3) is 10.8 Å². The van der Waals surface area contributed by atoms with Crippen LogP contribution >= 0.6 is 11.6 Å². The van der Waals surface area contributed by atoms with E-state index in [4.69, 9.17) is 11.6 Å². The molecular weight excluding hydrogens is 188 g/mol. The van der Waals surface area contributed by atoms with Crippen molar-refractivity contribution in [2.45, 2.75) is 0 Å². The molecule has 0 saturated carbocycles. The molecule has 3 heteroatoms. The predicted octanol–water partition coefficient (Wildman–Crippen LogP) is 2.90. The Balaban J connectivity index is 2.97. The molecule has 0 heterocycles. The summed E-state index contributed by atoms with van der Waals surface area (Å²) in [4.78, 5) is 0. The molecule has 2 aromatic rings. The Kier molecular flexibility index (Phi) is 1.78. The van der Waals surface area contributed by atoms with Gasteiger partial charge in [0.05, 0.1) is 10.4 Å². The van der Waals surface area contributed by atoms with E-state index in [1.54, 1.807) is 24.3 Å². The van der Waals surface area contributed by atoms with E-state index in [9.17, 15) is 10.2 Å². The summed E-state index contributed by atoms with van der Waals surface area (Å²) in [7, 11) is 0. The summed E-state index contributed by atoms with van der Waals surface area (Å²) in [6.07, 6.45) is 0. The van der Waals surface area contributed by atoms with Crippen molar-refractivity contribution in [3.63, 3.8) is 0 Å². The summed E-state index contributed by atoms with van der Waals surface area (Å²) in [6, 6.07) is 8.37. The molecule has 0 bridgehead atoms. The van der Waals surface area contributed by atoms with Gasteiger partial charge in [-0.3, -0.25) is 0 Å². The van der Waals surface area contributed by atoms with Crippen LogP contribution in [0.3, 0.4) is 0 Å². The molecule has 0 aliphatic rings. The van der Waals surface area contributed by atoms with Crippen LogP contribution in [-0.2, 0) is 0 Å². The van der Waals surface area contributed by atoms with Crippen LogP contribution in [0.5, 0.6) is 11.5 Å². The fourth-order valence-corrected chi connectivity index (χ4v) is 1.47. The zero-order valence-electron chi connectivity index (χ0n) is 6.66. The highest BCUT2D eigenvalue weighted by Gasteiger charge is 2.07. The van der Waals surface area contributed by atoms with Gasteiger partial charge in [-0.05, 0) is 17.5 Å². The summed E-state index contributed by atoms with van der Waals surface area (Å²) in [6.45, 7) is 0. The van der Waals surface area contributed by atoms with E-state index in [0.717, 1.165) is 5.39 Å². The Morgan fingerprint density at radius 1 is 1.00 bits per heavy atom. The van der Waals surface area contributed by atoms with Crippen molar-refractivity contribution >= 4 is 22.4 Å². The Morgan fingerprint density at radius 3 is 2.54 bits per heavy atom. The minimum Gasteiger partial charge on any atom is -0.507 e. The van der Waals surface area contributed by atoms with Crippen LogP contribution < -0.4 is 0 Å². The fraction of sp³-hybridized carbons (Fsp3) is 0. The average molecular weight is 195 g/mol. The summed E-state index contributed by atoms with van der Waals surface area (Å²) in [5, 5.41) is 20.4. The molecule has 0 spiro atoms. The zero-order valence-corrected chi connectivity index (χ0v) is 7.42. The van der Waals surface area contributed by atoms with Gasteiger partial charge in [0.25, 0.3) is 0 Å². The third-order valence-corrected chi connectivity index (χ3v) is 2.25. The molecule has 13 heavy (non-hydrogen) atoms. The summed E-state index contributed by atoms with van der Waals surface area (Å²) < 4.78 is 0. The first-order valence-electron chi connectivity index (χ1n) is 3.79. The first kappa shape index (κ1) is 8.20. The van der Waals surface area contributed by atoms with Crippen molar-refractivity contribution in [3.05, 3.63) is 35.4 Å². The van der Waals surface area contributed by atoms with E-state index in [2.05, 4.69) is 0 Å². The second-order valence-electron chi connectivity index (χ2n) is 2.77. The number of fused-ring (bicyclic) bond motifs is 1. The van der Waals surface area contributed by atoms with Gasteiger partial charge in [-0.2, -0.15) is 0 Å². The van der Waals surface area contributed by atoms with E-state index >= 15 is 0 Å². The molecule has 0 aliphatic carbocycles. The minimum atomic E-state index is -0.0720. The molecule has 0 radical (unpaired) electrons. The number of rotatable bonds is 0. The SMILES string of the molecule is Oc1cccc2ccc(Cl)c(O)c12. The molecule has 66 valence electrons. The molecule has 0 unspecified atom stereocenters. The standard InChI is InChI=1S/C10H7ClO2/c11-7-5-4-6-2-1-3-8(12)9(6)10(7)13/h1-5,12-13H. The Hall–Kier alpha value is -1.41. The first-order valence-corrected chi connectivity index (χ1v) is 4.17. The Morgan fingerprint density at radius 2 is 1.77 bits per heavy atom. The van der Waals surface area contributed by atoms with E-state index in [-0.39, 0.29) is 16.5 Å². The van der Waals surface area contributed by atoms with Crippen molar-refractivity contribution < 1.29 is 10.2 Å². The van der Waals surface area contributed by atoms with Gasteiger partial charge in [-0.1, -0.05) is 29.8 Å². The predicted molar refractivity (Wildman–Crippen MR) is 52.3 cm³/mol. The highest BCUT2D eigenvalue weighted by molar-refractivity contribution is 6.33. The lowest BCUT2D eigenvalue weighted by Gasteiger charge is -2.04. The number of halogens is 1. The minimum absolute atomic E-state index is 0.0394. The normalized spacial score (nSPS) is 10.5. The summed E-state index contributed by atoms with van der Waals surface area (Å²) in [5.41, 5.74) is 0. The van der Waals surface area contributed by atoms with Crippen molar-refractivity contribution in [1.82, 2.24) is 0 Å². The number of hydrogen-bond acceptors (Lipinski definition) is 2. The van der Waals surface area contributed by atoms with Crippen LogP contribution in [0.2, 0.25) is 5.02 Å². The largest absolute Gasteiger partial charge is 0.507 e. The third kappa shape index (κ3) is 1.19. The monoisotopic (exact) mass is 194 g/mol. The van der Waals surface area contributed by atoms with E-state index in [1.165, 1.54) is 6.07 Å². The summed E-state index contributed by atoms with van der Waals surface area (Å²) in [5.74, 6) is -0.0326. The number of phenolic OH excluding ortho intramolecular Hbond substituents is 2. The second-order valence-corrected chi connectivity index (χ2v) is 3.18. The van der Waals surface area contributed by atoms with Crippen molar-refractivity contribution in [2.24, 2.45) is 0 Å². The van der Waals surface area contributed by atoms with Crippen LogP contribution in [0.4, 0.5) is 0 Å². The van der Waals surface area contributed by atoms with E-state index < -0.39 is 0 Å². The molecular formula is C10H7ClO2. The lowest BCUT2D eigenvalue weighted by molar-refractivity contribution is 0.464. The van der Waals surface area contributed by atoms with E-state index in [1.807, 2.05) is 0 Å². The number of phenols is 2. The molecule has 0 atom stereocenters. The Bertz CT molecular complexity index is 466. The summed E-state index contributed by atoms with van der Waals surface area (Å²) >= 11 is 5.70. The van der Waals surface area contributed by atoms with Gasteiger partial charge >= 0.3 is 0 Å². The lowest BCUT2D eigenvalue weighted by atomic mass is 10.1. The smallest absolute Gasteiger partial charge is 0.145 e. The maximum absolute atomic E-state index is 9.55. The van der Waals surface area contributed by atoms with Gasteiger partial charge < -0.3 is 10.2 Å². The molecule has 2 rings (SSSR count). The molecule has 2 N–H and O–H groups in total. The molecule has 0 amide bonds. The van der Waals surface area contributed by atoms with Crippen LogP contribution in [0.1, 0.15) is 0 Å². The van der Waals surface area contributed by atoms with Gasteiger partial charge in [0, 0.05) is 0 Å².